The van der Waals surface area contributed by atoms with Gasteiger partial charge in [-0.3, -0.25) is 0 Å². The van der Waals surface area contributed by atoms with E-state index >= 15 is 0 Å². The summed E-state index contributed by atoms with van der Waals surface area (Å²) in [6.45, 7) is 0. The lowest BCUT2D eigenvalue weighted by molar-refractivity contribution is 0.0148. The Kier molecular flexibility index (Phi) is 4.18. The van der Waals surface area contributed by atoms with Crippen LogP contribution >= 0.6 is 0 Å². The molecule has 0 amide bonds. The summed E-state index contributed by atoms with van der Waals surface area (Å²) in [6, 6.07) is -0.122. The fourth-order valence-electron chi connectivity index (χ4n) is 2.94. The van der Waals surface area contributed by atoms with Crippen LogP contribution in [0.2, 0.25) is 0 Å². The molecule has 17 heavy (non-hydrogen) atoms. The van der Waals surface area contributed by atoms with Gasteiger partial charge in [-0.15, -0.1) is 0 Å². The van der Waals surface area contributed by atoms with Crippen molar-refractivity contribution in [2.45, 2.75) is 44.2 Å². The molecule has 1 saturated carbocycles. The summed E-state index contributed by atoms with van der Waals surface area (Å²) in [5.41, 5.74) is 6.32. The van der Waals surface area contributed by atoms with Crippen LogP contribution in [0.4, 0.5) is 0 Å². The molecule has 4 heteroatoms. The Bertz CT molecular complexity index is 344. The smallest absolute Gasteiger partial charge is 0.128 e. The molecule has 1 aromatic heterocycles. The van der Waals surface area contributed by atoms with Crippen LogP contribution in [0.25, 0.3) is 0 Å². The minimum Gasteiger partial charge on any atom is -0.379 e. The van der Waals surface area contributed by atoms with Crippen molar-refractivity contribution in [1.29, 1.82) is 0 Å². The Balaban J connectivity index is 2.09. The molecule has 0 aliphatic heterocycles. The zero-order valence-electron chi connectivity index (χ0n) is 10.8. The molecule has 2 unspecified atom stereocenters. The Morgan fingerprint density at radius 1 is 1.41 bits per heavy atom. The van der Waals surface area contributed by atoms with Gasteiger partial charge in [-0.2, -0.15) is 0 Å². The summed E-state index contributed by atoms with van der Waals surface area (Å²) < 4.78 is 7.64. The molecule has 1 aliphatic carbocycles. The van der Waals surface area contributed by atoms with E-state index in [-0.39, 0.29) is 12.1 Å². The average Bonchev–Trinajstić information content (AvgIpc) is 2.77. The lowest BCUT2D eigenvalue weighted by Crippen LogP contribution is -2.37. The van der Waals surface area contributed by atoms with Crippen LogP contribution in [-0.4, -0.2) is 22.8 Å². The summed E-state index contributed by atoms with van der Waals surface area (Å²) in [7, 11) is 3.75. The first kappa shape index (κ1) is 12.6. The summed E-state index contributed by atoms with van der Waals surface area (Å²) in [4.78, 5) is 4.34. The maximum absolute atomic E-state index is 6.32. The Labute approximate surface area is 103 Å². The number of aromatic nitrogens is 2. The molecule has 0 aromatic carbocycles. The first-order chi connectivity index (χ1) is 8.24. The van der Waals surface area contributed by atoms with Crippen LogP contribution in [0.15, 0.2) is 12.4 Å². The predicted octanol–water partition coefficient (Wildman–Crippen LogP) is 2.02. The predicted molar refractivity (Wildman–Crippen MR) is 67.5 cm³/mol. The molecule has 2 rings (SSSR count). The normalized spacial score (nSPS) is 21.4. The summed E-state index contributed by atoms with van der Waals surface area (Å²) >= 11 is 0. The zero-order chi connectivity index (χ0) is 12.3. The van der Waals surface area contributed by atoms with Gasteiger partial charge < -0.3 is 15.0 Å². The summed E-state index contributed by atoms with van der Waals surface area (Å²) in [5.74, 6) is 1.50. The standard InChI is InChI=1S/C13H23N3O/c1-16-9-8-15-13(16)11(14)12(17-2)10-6-4-3-5-7-10/h8-12H,3-7,14H2,1-2H3. The van der Waals surface area contributed by atoms with Crippen molar-refractivity contribution in [3.05, 3.63) is 18.2 Å². The average molecular weight is 237 g/mol. The third-order valence-electron chi connectivity index (χ3n) is 3.90. The van der Waals surface area contributed by atoms with Gasteiger partial charge in [0.05, 0.1) is 12.1 Å². The highest BCUT2D eigenvalue weighted by Crippen LogP contribution is 2.32. The van der Waals surface area contributed by atoms with Crippen molar-refractivity contribution < 1.29 is 4.74 Å². The van der Waals surface area contributed by atoms with E-state index in [1.54, 1.807) is 13.3 Å². The van der Waals surface area contributed by atoms with Crippen molar-refractivity contribution >= 4 is 0 Å². The maximum Gasteiger partial charge on any atom is 0.128 e. The molecule has 0 saturated heterocycles. The fraction of sp³-hybridized carbons (Fsp3) is 0.769. The minimum absolute atomic E-state index is 0.0939. The molecule has 4 nitrogen and oxygen atoms in total. The molecular weight excluding hydrogens is 214 g/mol. The van der Waals surface area contributed by atoms with Gasteiger partial charge in [-0.25, -0.2) is 4.98 Å². The van der Waals surface area contributed by atoms with E-state index in [9.17, 15) is 0 Å². The van der Waals surface area contributed by atoms with Gasteiger partial charge in [0.1, 0.15) is 5.82 Å². The summed E-state index contributed by atoms with van der Waals surface area (Å²) in [6.07, 6.45) is 10.2. The van der Waals surface area contributed by atoms with E-state index < -0.39 is 0 Å². The van der Waals surface area contributed by atoms with Crippen LogP contribution in [0.5, 0.6) is 0 Å². The minimum atomic E-state index is -0.122. The van der Waals surface area contributed by atoms with Crippen LogP contribution in [0.1, 0.15) is 44.0 Å². The largest absolute Gasteiger partial charge is 0.379 e. The van der Waals surface area contributed by atoms with Gasteiger partial charge in [-0.05, 0) is 18.8 Å². The van der Waals surface area contributed by atoms with Crippen molar-refractivity contribution in [3.63, 3.8) is 0 Å². The second kappa shape index (κ2) is 5.65. The monoisotopic (exact) mass is 237 g/mol. The van der Waals surface area contributed by atoms with Gasteiger partial charge >= 0.3 is 0 Å². The van der Waals surface area contributed by atoms with Crippen molar-refractivity contribution in [2.75, 3.05) is 7.11 Å². The number of aryl methyl sites for hydroxylation is 1. The molecule has 0 spiro atoms. The maximum atomic E-state index is 6.32. The molecule has 2 atom stereocenters. The Morgan fingerprint density at radius 3 is 2.65 bits per heavy atom. The van der Waals surface area contributed by atoms with E-state index in [4.69, 9.17) is 10.5 Å². The van der Waals surface area contributed by atoms with Gasteiger partial charge in [0.15, 0.2) is 0 Å². The third kappa shape index (κ3) is 2.69. The number of imidazole rings is 1. The number of methoxy groups -OCH3 is 1. The highest BCUT2D eigenvalue weighted by molar-refractivity contribution is 5.02. The molecule has 96 valence electrons. The van der Waals surface area contributed by atoms with Gasteiger partial charge in [-0.1, -0.05) is 19.3 Å². The number of rotatable bonds is 4. The molecule has 0 radical (unpaired) electrons. The number of hydrogen-bond acceptors (Lipinski definition) is 3. The van der Waals surface area contributed by atoms with Crippen LogP contribution in [0.3, 0.4) is 0 Å². The van der Waals surface area contributed by atoms with Crippen LogP contribution in [-0.2, 0) is 11.8 Å². The lowest BCUT2D eigenvalue weighted by atomic mass is 9.82. The molecule has 1 heterocycles. The van der Waals surface area contributed by atoms with Crippen LogP contribution < -0.4 is 5.73 Å². The van der Waals surface area contributed by atoms with Crippen LogP contribution in [0, 0.1) is 5.92 Å². The second-order valence-electron chi connectivity index (χ2n) is 5.02. The molecular formula is C13H23N3O. The molecule has 0 bridgehead atoms. The van der Waals surface area contributed by atoms with Crippen molar-refractivity contribution in [2.24, 2.45) is 18.7 Å². The number of hydrogen-bond donors (Lipinski definition) is 1. The summed E-state index contributed by atoms with van der Waals surface area (Å²) in [5, 5.41) is 0. The van der Waals surface area contributed by atoms with Gasteiger partial charge in [0, 0.05) is 26.6 Å². The first-order valence-corrected chi connectivity index (χ1v) is 6.49. The van der Waals surface area contributed by atoms with E-state index in [0.717, 1.165) is 5.82 Å². The Hall–Kier alpha value is -0.870. The van der Waals surface area contributed by atoms with E-state index in [1.807, 2.05) is 17.8 Å². The number of nitrogens with two attached hydrogens (primary N) is 1. The van der Waals surface area contributed by atoms with Gasteiger partial charge in [0.25, 0.3) is 0 Å². The van der Waals surface area contributed by atoms with Crippen molar-refractivity contribution in [3.8, 4) is 0 Å². The quantitative estimate of drug-likeness (QED) is 0.871. The highest BCUT2D eigenvalue weighted by atomic mass is 16.5. The first-order valence-electron chi connectivity index (χ1n) is 6.49. The van der Waals surface area contributed by atoms with E-state index in [2.05, 4.69) is 4.98 Å². The zero-order valence-corrected chi connectivity index (χ0v) is 10.8. The third-order valence-corrected chi connectivity index (χ3v) is 3.90. The molecule has 1 aliphatic rings. The number of nitrogens with zero attached hydrogens (tertiary/aromatic N) is 2. The fourth-order valence-corrected chi connectivity index (χ4v) is 2.94. The number of ether oxygens (including phenoxy) is 1. The van der Waals surface area contributed by atoms with E-state index in [1.165, 1.54) is 32.1 Å². The Morgan fingerprint density at radius 2 is 2.12 bits per heavy atom. The molecule has 2 N–H and O–H groups in total. The topological polar surface area (TPSA) is 53.1 Å². The van der Waals surface area contributed by atoms with E-state index in [0.29, 0.717) is 5.92 Å². The lowest BCUT2D eigenvalue weighted by Gasteiger charge is -2.32. The van der Waals surface area contributed by atoms with Gasteiger partial charge in [0.2, 0.25) is 0 Å². The van der Waals surface area contributed by atoms with Crippen molar-refractivity contribution in [1.82, 2.24) is 9.55 Å². The molecule has 1 aromatic rings. The highest BCUT2D eigenvalue weighted by Gasteiger charge is 2.31. The second-order valence-corrected chi connectivity index (χ2v) is 5.02. The molecule has 1 fully saturated rings. The SMILES string of the molecule is COC(C1CCCCC1)C(N)c1nccn1C.